The van der Waals surface area contributed by atoms with E-state index in [1.165, 1.54) is 6.26 Å². The van der Waals surface area contributed by atoms with Crippen LogP contribution in [0, 0.1) is 5.92 Å². The van der Waals surface area contributed by atoms with Gasteiger partial charge < -0.3 is 19.2 Å². The average Bonchev–Trinajstić information content (AvgIpc) is 3.33. The lowest BCUT2D eigenvalue weighted by Gasteiger charge is -2.43. The lowest BCUT2D eigenvalue weighted by atomic mass is 9.83. The van der Waals surface area contributed by atoms with Gasteiger partial charge in [0, 0.05) is 37.3 Å². The van der Waals surface area contributed by atoms with Gasteiger partial charge in [-0.2, -0.15) is 0 Å². The number of amides is 4. The smallest absolute Gasteiger partial charge is 0.325 e. The Morgan fingerprint density at radius 1 is 1.10 bits per heavy atom. The number of fused-ring (bicyclic) bond motifs is 4. The fourth-order valence-corrected chi connectivity index (χ4v) is 4.83. The zero-order valence-electron chi connectivity index (χ0n) is 16.3. The first-order valence-electron chi connectivity index (χ1n) is 10.1. The van der Waals surface area contributed by atoms with Crippen LogP contribution in [0.4, 0.5) is 4.79 Å². The van der Waals surface area contributed by atoms with Crippen LogP contribution < -0.4 is 10.9 Å². The van der Waals surface area contributed by atoms with Gasteiger partial charge in [0.25, 0.3) is 11.5 Å². The minimum atomic E-state index is -0.864. The molecule has 0 unspecified atom stereocenters. The average molecular weight is 410 g/mol. The van der Waals surface area contributed by atoms with Crippen molar-refractivity contribution in [2.24, 2.45) is 5.92 Å². The molecule has 2 saturated heterocycles. The molecule has 0 aliphatic carbocycles. The van der Waals surface area contributed by atoms with Crippen molar-refractivity contribution in [3.63, 3.8) is 0 Å². The normalized spacial score (nSPS) is 25.3. The number of pyridine rings is 1. The second-order valence-corrected chi connectivity index (χ2v) is 8.21. The molecule has 30 heavy (non-hydrogen) atoms. The molecule has 0 radical (unpaired) electrons. The van der Waals surface area contributed by atoms with Crippen molar-refractivity contribution in [2.45, 2.75) is 37.9 Å². The number of hydrogen-bond donors (Lipinski definition) is 1. The quantitative estimate of drug-likeness (QED) is 0.754. The van der Waals surface area contributed by atoms with Gasteiger partial charge in [0.2, 0.25) is 5.91 Å². The van der Waals surface area contributed by atoms with Crippen molar-refractivity contribution >= 4 is 17.8 Å². The molecular weight excluding hydrogens is 388 g/mol. The van der Waals surface area contributed by atoms with Crippen LogP contribution in [0.1, 0.15) is 30.2 Å². The summed E-state index contributed by atoms with van der Waals surface area (Å²) in [6, 6.07) is 7.27. The summed E-state index contributed by atoms with van der Waals surface area (Å²) in [5.41, 5.74) is 0.962. The van der Waals surface area contributed by atoms with Crippen molar-refractivity contribution in [3.05, 3.63) is 58.4 Å². The van der Waals surface area contributed by atoms with Crippen LogP contribution in [-0.4, -0.2) is 51.3 Å². The van der Waals surface area contributed by atoms with E-state index in [0.29, 0.717) is 25.4 Å². The Morgan fingerprint density at radius 2 is 1.97 bits per heavy atom. The number of piperidine rings is 1. The molecule has 156 valence electrons. The van der Waals surface area contributed by atoms with Crippen LogP contribution in [0.25, 0.3) is 0 Å². The Balaban J connectivity index is 1.26. The molecule has 3 aliphatic heterocycles. The standard InChI is InChI=1S/C21H22N4O5/c26-18-5-1-4-17-14-7-13(10-24(17)18)9-23(11-14)19(27)8-16-20(28)25(21(29)22-16)12-15-3-2-6-30-15/h1-6,13-14,16H,7-12H2,(H,22,29)/t13-,14+,16-/m1/s1. The maximum absolute atomic E-state index is 13.0. The summed E-state index contributed by atoms with van der Waals surface area (Å²) in [4.78, 5) is 52.8. The first-order chi connectivity index (χ1) is 14.5. The third-order valence-corrected chi connectivity index (χ3v) is 6.21. The largest absolute Gasteiger partial charge is 0.467 e. The van der Waals surface area contributed by atoms with Gasteiger partial charge in [-0.05, 0) is 30.5 Å². The number of carbonyl (C=O) groups is 3. The van der Waals surface area contributed by atoms with Crippen LogP contribution >= 0.6 is 0 Å². The zero-order chi connectivity index (χ0) is 20.8. The maximum Gasteiger partial charge on any atom is 0.325 e. The number of carbonyl (C=O) groups excluding carboxylic acids is 3. The zero-order valence-corrected chi connectivity index (χ0v) is 16.3. The predicted octanol–water partition coefficient (Wildman–Crippen LogP) is 0.898. The van der Waals surface area contributed by atoms with Crippen LogP contribution in [0.3, 0.4) is 0 Å². The van der Waals surface area contributed by atoms with E-state index >= 15 is 0 Å². The van der Waals surface area contributed by atoms with E-state index in [-0.39, 0.29) is 36.3 Å². The van der Waals surface area contributed by atoms with E-state index in [2.05, 4.69) is 5.32 Å². The molecule has 4 amide bonds. The van der Waals surface area contributed by atoms with E-state index in [4.69, 9.17) is 4.42 Å². The highest BCUT2D eigenvalue weighted by molar-refractivity contribution is 6.05. The third kappa shape index (κ3) is 3.20. The summed E-state index contributed by atoms with van der Waals surface area (Å²) in [7, 11) is 0. The third-order valence-electron chi connectivity index (χ3n) is 6.21. The molecule has 9 nitrogen and oxygen atoms in total. The number of hydrogen-bond acceptors (Lipinski definition) is 5. The number of furan rings is 1. The second kappa shape index (κ2) is 7.16. The predicted molar refractivity (Wildman–Crippen MR) is 104 cm³/mol. The van der Waals surface area contributed by atoms with Crippen LogP contribution in [0.2, 0.25) is 0 Å². The molecule has 1 N–H and O–H groups in total. The topological polar surface area (TPSA) is 105 Å². The van der Waals surface area contributed by atoms with Crippen LogP contribution in [-0.2, 0) is 22.7 Å². The fraction of sp³-hybridized carbons (Fsp3) is 0.429. The van der Waals surface area contributed by atoms with Gasteiger partial charge in [-0.15, -0.1) is 0 Å². The Labute approximate surface area is 172 Å². The fourth-order valence-electron chi connectivity index (χ4n) is 4.83. The number of likely N-dealkylation sites (tertiary alicyclic amines) is 1. The first kappa shape index (κ1) is 18.7. The van der Waals surface area contributed by atoms with Gasteiger partial charge in [0.05, 0.1) is 19.2 Å². The number of nitrogens with one attached hydrogen (secondary N) is 1. The molecule has 5 heterocycles. The molecule has 2 aromatic rings. The highest BCUT2D eigenvalue weighted by atomic mass is 16.3. The van der Waals surface area contributed by atoms with Gasteiger partial charge in [-0.3, -0.25) is 19.3 Å². The van der Waals surface area contributed by atoms with Gasteiger partial charge in [-0.1, -0.05) is 6.07 Å². The van der Waals surface area contributed by atoms with E-state index in [0.717, 1.165) is 17.0 Å². The van der Waals surface area contributed by atoms with Gasteiger partial charge in [-0.25, -0.2) is 4.79 Å². The molecule has 2 aromatic heterocycles. The number of rotatable bonds is 4. The summed E-state index contributed by atoms with van der Waals surface area (Å²) in [6.45, 7) is 1.72. The Morgan fingerprint density at radius 3 is 2.77 bits per heavy atom. The highest BCUT2D eigenvalue weighted by Crippen LogP contribution is 2.35. The molecule has 2 fully saturated rings. The molecule has 0 spiro atoms. The highest BCUT2D eigenvalue weighted by Gasteiger charge is 2.42. The first-order valence-corrected chi connectivity index (χ1v) is 10.1. The van der Waals surface area contributed by atoms with Crippen molar-refractivity contribution in [3.8, 4) is 0 Å². The SMILES string of the molecule is O=C(C[C@H]1NC(=O)N(Cc2ccco2)C1=O)N1C[C@H]2C[C@@H](C1)c1cccc(=O)n1C2. The number of aromatic nitrogens is 1. The summed E-state index contributed by atoms with van der Waals surface area (Å²) in [5, 5.41) is 2.61. The van der Waals surface area contributed by atoms with Crippen LogP contribution in [0.15, 0.2) is 45.8 Å². The van der Waals surface area contributed by atoms with Crippen molar-refractivity contribution in [1.82, 2.24) is 19.7 Å². The lowest BCUT2D eigenvalue weighted by Crippen LogP contribution is -2.50. The number of imide groups is 1. The Bertz CT molecular complexity index is 1060. The van der Waals surface area contributed by atoms with Crippen molar-refractivity contribution in [1.29, 1.82) is 0 Å². The molecule has 3 aliphatic rings. The van der Waals surface area contributed by atoms with Crippen molar-refractivity contribution < 1.29 is 18.8 Å². The summed E-state index contributed by atoms with van der Waals surface area (Å²) in [6.07, 6.45) is 2.36. The number of urea groups is 1. The van der Waals surface area contributed by atoms with Gasteiger partial charge >= 0.3 is 6.03 Å². The maximum atomic E-state index is 13.0. The van der Waals surface area contributed by atoms with Gasteiger partial charge in [0.1, 0.15) is 11.8 Å². The number of nitrogens with zero attached hydrogens (tertiary/aromatic N) is 3. The molecule has 0 saturated carbocycles. The van der Waals surface area contributed by atoms with E-state index in [1.54, 1.807) is 29.2 Å². The molecule has 2 bridgehead atoms. The summed E-state index contributed by atoms with van der Waals surface area (Å²) < 4.78 is 7.02. The summed E-state index contributed by atoms with van der Waals surface area (Å²) >= 11 is 0. The summed E-state index contributed by atoms with van der Waals surface area (Å²) in [5.74, 6) is 0.251. The molecule has 0 aromatic carbocycles. The minimum Gasteiger partial charge on any atom is -0.467 e. The minimum absolute atomic E-state index is 0.00195. The second-order valence-electron chi connectivity index (χ2n) is 8.21. The molecule has 3 atom stereocenters. The van der Waals surface area contributed by atoms with E-state index < -0.39 is 18.0 Å². The van der Waals surface area contributed by atoms with E-state index in [1.807, 2.05) is 10.6 Å². The monoisotopic (exact) mass is 410 g/mol. The molecular formula is C21H22N4O5. The van der Waals surface area contributed by atoms with Gasteiger partial charge in [0.15, 0.2) is 0 Å². The Hall–Kier alpha value is -3.36. The molecule has 9 heteroatoms. The van der Waals surface area contributed by atoms with E-state index in [9.17, 15) is 19.2 Å². The Kier molecular flexibility index (Phi) is 4.45. The molecule has 5 rings (SSSR count). The van der Waals surface area contributed by atoms with Crippen molar-refractivity contribution in [2.75, 3.05) is 13.1 Å². The lowest BCUT2D eigenvalue weighted by molar-refractivity contribution is -0.137. The van der Waals surface area contributed by atoms with Crippen LogP contribution in [0.5, 0.6) is 0 Å².